The Bertz CT molecular complexity index is 456. The Hall–Kier alpha value is -1.75. The van der Waals surface area contributed by atoms with Crippen molar-refractivity contribution in [1.82, 2.24) is 5.32 Å². The quantitative estimate of drug-likeness (QED) is 0.704. The van der Waals surface area contributed by atoms with Gasteiger partial charge >= 0.3 is 0 Å². The molecule has 0 unspecified atom stereocenters. The van der Waals surface area contributed by atoms with Gasteiger partial charge in [-0.3, -0.25) is 4.79 Å². The third kappa shape index (κ3) is 3.22. The molecule has 5 heteroatoms. The predicted molar refractivity (Wildman–Crippen MR) is 79.2 cm³/mol. The number of rotatable bonds is 4. The van der Waals surface area contributed by atoms with Crippen molar-refractivity contribution in [1.29, 1.82) is 0 Å². The van der Waals surface area contributed by atoms with Gasteiger partial charge in [-0.1, -0.05) is 12.1 Å². The fraction of sp³-hybridized carbons (Fsp3) is 0.533. The molecular weight excluding hydrogens is 254 g/mol. The summed E-state index contributed by atoms with van der Waals surface area (Å²) in [6, 6.07) is 7.41. The Morgan fingerprint density at radius 2 is 2.05 bits per heavy atom. The highest BCUT2D eigenvalue weighted by molar-refractivity contribution is 5.79. The number of anilines is 1. The van der Waals surface area contributed by atoms with E-state index < -0.39 is 0 Å². The molecular formula is C15H24N3O2+. The number of likely N-dealkylation sites (N-methyl/N-ethyl adjacent to an activating group) is 1. The van der Waals surface area contributed by atoms with E-state index in [-0.39, 0.29) is 11.9 Å². The summed E-state index contributed by atoms with van der Waals surface area (Å²) in [5, 5.41) is 12.8. The zero-order valence-electron chi connectivity index (χ0n) is 12.2. The smallest absolute Gasteiger partial charge is 0.278 e. The molecule has 1 aliphatic heterocycles. The van der Waals surface area contributed by atoms with Crippen LogP contribution < -0.4 is 15.1 Å². The lowest BCUT2D eigenvalue weighted by atomic mass is 10.2. The van der Waals surface area contributed by atoms with Crippen LogP contribution in [0.2, 0.25) is 0 Å². The van der Waals surface area contributed by atoms with Gasteiger partial charge < -0.3 is 20.2 Å². The average molecular weight is 278 g/mol. The van der Waals surface area contributed by atoms with Crippen LogP contribution in [0.15, 0.2) is 24.3 Å². The lowest BCUT2D eigenvalue weighted by Crippen LogP contribution is -3.19. The fourth-order valence-electron chi connectivity index (χ4n) is 2.71. The molecule has 1 atom stereocenters. The number of phenols is 1. The Labute approximate surface area is 120 Å². The van der Waals surface area contributed by atoms with Crippen molar-refractivity contribution in [3.63, 3.8) is 0 Å². The first kappa shape index (κ1) is 14.7. The van der Waals surface area contributed by atoms with Crippen LogP contribution in [0.5, 0.6) is 5.75 Å². The number of piperazine rings is 1. The molecule has 1 aromatic rings. The van der Waals surface area contributed by atoms with Crippen LogP contribution in [0.1, 0.15) is 13.8 Å². The van der Waals surface area contributed by atoms with E-state index in [1.807, 2.05) is 32.0 Å². The number of nitrogens with zero attached hydrogens (tertiary/aromatic N) is 1. The maximum atomic E-state index is 11.9. The maximum absolute atomic E-state index is 11.9. The predicted octanol–water partition coefficient (Wildman–Crippen LogP) is -0.378. The number of benzene rings is 1. The van der Waals surface area contributed by atoms with Crippen molar-refractivity contribution in [2.24, 2.45) is 0 Å². The molecule has 1 fully saturated rings. The van der Waals surface area contributed by atoms with Crippen LogP contribution in [0.4, 0.5) is 5.69 Å². The van der Waals surface area contributed by atoms with E-state index in [9.17, 15) is 9.90 Å². The summed E-state index contributed by atoms with van der Waals surface area (Å²) in [6.45, 7) is 8.14. The van der Waals surface area contributed by atoms with Gasteiger partial charge in [0.25, 0.3) is 5.91 Å². The van der Waals surface area contributed by atoms with E-state index in [0.717, 1.165) is 31.9 Å². The summed E-state index contributed by atoms with van der Waals surface area (Å²) in [5.41, 5.74) is 0.886. The Kier molecular flexibility index (Phi) is 4.84. The molecule has 1 saturated heterocycles. The second kappa shape index (κ2) is 6.61. The number of phenolic OH excluding ortho intramolecular Hbond substituents is 1. The summed E-state index contributed by atoms with van der Waals surface area (Å²) in [7, 11) is 0. The number of quaternary nitrogens is 1. The van der Waals surface area contributed by atoms with Crippen molar-refractivity contribution < 1.29 is 14.8 Å². The van der Waals surface area contributed by atoms with E-state index in [1.54, 1.807) is 6.07 Å². The van der Waals surface area contributed by atoms with Crippen LogP contribution in [0.3, 0.4) is 0 Å². The number of amides is 1. The molecule has 2 rings (SSSR count). The van der Waals surface area contributed by atoms with Crippen molar-refractivity contribution in [2.45, 2.75) is 19.9 Å². The molecule has 0 aliphatic carbocycles. The Balaban J connectivity index is 1.92. The lowest BCUT2D eigenvalue weighted by Gasteiger charge is -2.36. The normalized spacial score (nSPS) is 17.8. The summed E-state index contributed by atoms with van der Waals surface area (Å²) >= 11 is 0. The molecule has 5 nitrogen and oxygen atoms in total. The molecule has 20 heavy (non-hydrogen) atoms. The number of para-hydroxylation sites is 2. The van der Waals surface area contributed by atoms with Gasteiger partial charge in [-0.25, -0.2) is 0 Å². The number of hydrogen-bond acceptors (Lipinski definition) is 3. The molecule has 0 radical (unpaired) electrons. The standard InChI is InChI=1S/C15H23N3O2/c1-3-16-15(20)12(2)17-8-10-18(11-9-17)13-6-4-5-7-14(13)19/h4-7,12,19H,3,8-11H2,1-2H3,(H,16,20)/p+1/t12-/m1/s1. The summed E-state index contributed by atoms with van der Waals surface area (Å²) in [5.74, 6) is 0.450. The molecule has 0 aromatic heterocycles. The van der Waals surface area contributed by atoms with E-state index in [1.165, 1.54) is 4.90 Å². The Morgan fingerprint density at radius 1 is 1.40 bits per heavy atom. The van der Waals surface area contributed by atoms with Gasteiger partial charge in [0.2, 0.25) is 0 Å². The van der Waals surface area contributed by atoms with Crippen LogP contribution >= 0.6 is 0 Å². The zero-order valence-corrected chi connectivity index (χ0v) is 12.2. The SMILES string of the molecule is CCNC(=O)[C@@H](C)[NH+]1CCN(c2ccccc2O)CC1. The van der Waals surface area contributed by atoms with E-state index >= 15 is 0 Å². The summed E-state index contributed by atoms with van der Waals surface area (Å²) in [4.78, 5) is 15.4. The minimum atomic E-state index is -0.0125. The molecule has 1 aliphatic rings. The first-order chi connectivity index (χ1) is 9.63. The lowest BCUT2D eigenvalue weighted by molar-refractivity contribution is -0.914. The van der Waals surface area contributed by atoms with Crippen LogP contribution in [-0.4, -0.2) is 49.8 Å². The van der Waals surface area contributed by atoms with Gasteiger partial charge in [0.1, 0.15) is 5.75 Å². The average Bonchev–Trinajstić information content (AvgIpc) is 2.47. The first-order valence-corrected chi connectivity index (χ1v) is 7.28. The number of carbonyl (C=O) groups is 1. The van der Waals surface area contributed by atoms with Gasteiger partial charge in [-0.2, -0.15) is 0 Å². The van der Waals surface area contributed by atoms with Gasteiger partial charge in [0.15, 0.2) is 6.04 Å². The summed E-state index contributed by atoms with van der Waals surface area (Å²) < 4.78 is 0. The minimum Gasteiger partial charge on any atom is -0.506 e. The van der Waals surface area contributed by atoms with Crippen molar-refractivity contribution >= 4 is 11.6 Å². The highest BCUT2D eigenvalue weighted by Crippen LogP contribution is 2.25. The third-order valence-electron chi connectivity index (χ3n) is 3.98. The van der Waals surface area contributed by atoms with Crippen molar-refractivity contribution in [2.75, 3.05) is 37.6 Å². The van der Waals surface area contributed by atoms with Crippen LogP contribution in [0, 0.1) is 0 Å². The fourth-order valence-corrected chi connectivity index (χ4v) is 2.71. The monoisotopic (exact) mass is 278 g/mol. The topological polar surface area (TPSA) is 57.0 Å². The van der Waals surface area contributed by atoms with E-state index in [4.69, 9.17) is 0 Å². The van der Waals surface area contributed by atoms with E-state index in [2.05, 4.69) is 10.2 Å². The van der Waals surface area contributed by atoms with Gasteiger partial charge in [-0.15, -0.1) is 0 Å². The highest BCUT2D eigenvalue weighted by Gasteiger charge is 2.29. The van der Waals surface area contributed by atoms with E-state index in [0.29, 0.717) is 12.3 Å². The van der Waals surface area contributed by atoms with Gasteiger partial charge in [0, 0.05) is 6.54 Å². The second-order valence-electron chi connectivity index (χ2n) is 5.25. The molecule has 1 amide bonds. The third-order valence-corrected chi connectivity index (χ3v) is 3.98. The minimum absolute atomic E-state index is 0.0125. The molecule has 1 aromatic carbocycles. The van der Waals surface area contributed by atoms with Gasteiger partial charge in [-0.05, 0) is 26.0 Å². The van der Waals surface area contributed by atoms with Crippen LogP contribution in [-0.2, 0) is 4.79 Å². The Morgan fingerprint density at radius 3 is 2.65 bits per heavy atom. The van der Waals surface area contributed by atoms with Gasteiger partial charge in [0.05, 0.1) is 31.9 Å². The molecule has 3 N–H and O–H groups in total. The number of carbonyl (C=O) groups excluding carboxylic acids is 1. The highest BCUT2D eigenvalue weighted by atomic mass is 16.3. The second-order valence-corrected chi connectivity index (χ2v) is 5.25. The van der Waals surface area contributed by atoms with Crippen LogP contribution in [0.25, 0.3) is 0 Å². The molecule has 1 heterocycles. The maximum Gasteiger partial charge on any atom is 0.278 e. The number of hydrogen-bond donors (Lipinski definition) is 3. The largest absolute Gasteiger partial charge is 0.506 e. The molecule has 0 saturated carbocycles. The number of aromatic hydroxyl groups is 1. The number of nitrogens with one attached hydrogen (secondary N) is 2. The van der Waals surface area contributed by atoms with Crippen molar-refractivity contribution in [3.8, 4) is 5.75 Å². The molecule has 110 valence electrons. The van der Waals surface area contributed by atoms with Crippen molar-refractivity contribution in [3.05, 3.63) is 24.3 Å². The first-order valence-electron chi connectivity index (χ1n) is 7.28. The molecule has 0 spiro atoms. The zero-order chi connectivity index (χ0) is 14.5. The molecule has 0 bridgehead atoms. The summed E-state index contributed by atoms with van der Waals surface area (Å²) in [6.07, 6.45) is 0.